The van der Waals surface area contributed by atoms with Crippen LogP contribution >= 0.6 is 0 Å². The van der Waals surface area contributed by atoms with Crippen molar-refractivity contribution in [2.75, 3.05) is 20.3 Å². The first-order valence-electron chi connectivity index (χ1n) is 5.69. The Bertz CT molecular complexity index is 253. The highest BCUT2D eigenvalue weighted by molar-refractivity contribution is 5.74. The standard InChI is InChI=1S/C6H10O3.C5H8O3/c1-8-6(7)5-3-2-4-9-5;6-5(7)4-2-1-3-8-4/h5H,2-4H2,1H3;4H,1-3H2,(H,6,7). The molecule has 2 rings (SSSR count). The fourth-order valence-electron chi connectivity index (χ4n) is 1.67. The van der Waals surface area contributed by atoms with Gasteiger partial charge in [-0.1, -0.05) is 0 Å². The average Bonchev–Trinajstić information content (AvgIpc) is 3.01. The molecule has 2 atom stereocenters. The topological polar surface area (TPSA) is 82.1 Å². The average molecular weight is 246 g/mol. The molecule has 6 nitrogen and oxygen atoms in total. The second-order valence-corrected chi connectivity index (χ2v) is 3.86. The highest BCUT2D eigenvalue weighted by Crippen LogP contribution is 2.12. The SMILES string of the molecule is COC(=O)C1CCCO1.O=C(O)C1CCCO1. The van der Waals surface area contributed by atoms with Crippen molar-refractivity contribution in [3.05, 3.63) is 0 Å². The van der Waals surface area contributed by atoms with Crippen LogP contribution < -0.4 is 0 Å². The van der Waals surface area contributed by atoms with Crippen LogP contribution in [0.4, 0.5) is 0 Å². The number of ether oxygens (including phenoxy) is 3. The van der Waals surface area contributed by atoms with Gasteiger partial charge >= 0.3 is 11.9 Å². The highest BCUT2D eigenvalue weighted by atomic mass is 16.6. The summed E-state index contributed by atoms with van der Waals surface area (Å²) < 4.78 is 14.3. The maximum absolute atomic E-state index is 10.7. The smallest absolute Gasteiger partial charge is 0.334 e. The third-order valence-corrected chi connectivity index (χ3v) is 2.60. The molecule has 98 valence electrons. The lowest BCUT2D eigenvalue weighted by Crippen LogP contribution is -2.20. The maximum atomic E-state index is 10.7. The zero-order valence-electron chi connectivity index (χ0n) is 9.89. The summed E-state index contributed by atoms with van der Waals surface area (Å²) in [5.41, 5.74) is 0. The summed E-state index contributed by atoms with van der Waals surface area (Å²) in [7, 11) is 1.38. The minimum absolute atomic E-state index is 0.243. The molecule has 0 aromatic carbocycles. The Kier molecular flexibility index (Phi) is 5.93. The van der Waals surface area contributed by atoms with Crippen LogP contribution in [0, 0.1) is 0 Å². The highest BCUT2D eigenvalue weighted by Gasteiger charge is 2.23. The van der Waals surface area contributed by atoms with Gasteiger partial charge in [0.05, 0.1) is 7.11 Å². The molecular formula is C11H18O6. The van der Waals surface area contributed by atoms with Crippen LogP contribution in [-0.2, 0) is 23.8 Å². The number of methoxy groups -OCH3 is 1. The van der Waals surface area contributed by atoms with Crippen LogP contribution in [0.25, 0.3) is 0 Å². The van der Waals surface area contributed by atoms with Crippen LogP contribution in [0.2, 0.25) is 0 Å². The monoisotopic (exact) mass is 246 g/mol. The van der Waals surface area contributed by atoms with Crippen molar-refractivity contribution in [3.8, 4) is 0 Å². The van der Waals surface area contributed by atoms with Gasteiger partial charge in [-0.2, -0.15) is 0 Å². The summed E-state index contributed by atoms with van der Waals surface area (Å²) in [5, 5.41) is 8.29. The summed E-state index contributed by atoms with van der Waals surface area (Å²) in [4.78, 5) is 20.7. The lowest BCUT2D eigenvalue weighted by atomic mass is 10.2. The van der Waals surface area contributed by atoms with Gasteiger partial charge in [0, 0.05) is 13.2 Å². The quantitative estimate of drug-likeness (QED) is 0.718. The van der Waals surface area contributed by atoms with E-state index in [1.165, 1.54) is 7.11 Å². The summed E-state index contributed by atoms with van der Waals surface area (Å²) in [6.45, 7) is 1.30. The second-order valence-electron chi connectivity index (χ2n) is 3.86. The Labute approximate surface area is 99.8 Å². The third-order valence-electron chi connectivity index (χ3n) is 2.60. The number of esters is 1. The summed E-state index contributed by atoms with van der Waals surface area (Å²) in [6.07, 6.45) is 2.55. The zero-order valence-corrected chi connectivity index (χ0v) is 9.89. The first-order valence-corrected chi connectivity index (χ1v) is 5.69. The Morgan fingerprint density at radius 3 is 1.94 bits per heavy atom. The molecule has 0 saturated carbocycles. The van der Waals surface area contributed by atoms with Gasteiger partial charge in [0.15, 0.2) is 12.2 Å². The predicted octanol–water partition coefficient (Wildman–Crippen LogP) is 0.588. The molecule has 0 radical (unpaired) electrons. The van der Waals surface area contributed by atoms with Crippen molar-refractivity contribution in [3.63, 3.8) is 0 Å². The normalized spacial score (nSPS) is 27.1. The molecule has 2 aliphatic heterocycles. The van der Waals surface area contributed by atoms with Crippen LogP contribution in [0.1, 0.15) is 25.7 Å². The number of hydrogen-bond acceptors (Lipinski definition) is 5. The van der Waals surface area contributed by atoms with E-state index in [2.05, 4.69) is 4.74 Å². The molecule has 2 fully saturated rings. The number of carbonyl (C=O) groups is 2. The van der Waals surface area contributed by atoms with Gasteiger partial charge in [0.25, 0.3) is 0 Å². The molecule has 0 amide bonds. The van der Waals surface area contributed by atoms with Gasteiger partial charge in [-0.3, -0.25) is 0 Å². The van der Waals surface area contributed by atoms with E-state index in [1.807, 2.05) is 0 Å². The number of carboxylic acids is 1. The Balaban J connectivity index is 0.000000171. The zero-order chi connectivity index (χ0) is 12.7. The molecule has 0 aromatic rings. The molecule has 0 aromatic heterocycles. The van der Waals surface area contributed by atoms with Crippen molar-refractivity contribution in [2.45, 2.75) is 37.9 Å². The van der Waals surface area contributed by atoms with E-state index in [-0.39, 0.29) is 12.1 Å². The molecule has 0 spiro atoms. The first-order chi connectivity index (χ1) is 8.15. The van der Waals surface area contributed by atoms with Gasteiger partial charge in [-0.05, 0) is 25.7 Å². The molecule has 2 unspecified atom stereocenters. The predicted molar refractivity (Wildman–Crippen MR) is 57.6 cm³/mol. The van der Waals surface area contributed by atoms with Crippen LogP contribution in [-0.4, -0.2) is 49.6 Å². The van der Waals surface area contributed by atoms with Crippen LogP contribution in [0.5, 0.6) is 0 Å². The molecule has 2 heterocycles. The van der Waals surface area contributed by atoms with Gasteiger partial charge in [0.1, 0.15) is 0 Å². The van der Waals surface area contributed by atoms with Crippen molar-refractivity contribution in [1.29, 1.82) is 0 Å². The van der Waals surface area contributed by atoms with E-state index >= 15 is 0 Å². The molecule has 17 heavy (non-hydrogen) atoms. The van der Waals surface area contributed by atoms with E-state index in [9.17, 15) is 9.59 Å². The molecule has 2 aliphatic rings. The van der Waals surface area contributed by atoms with E-state index in [0.29, 0.717) is 19.6 Å². The minimum atomic E-state index is -0.831. The van der Waals surface area contributed by atoms with E-state index in [0.717, 1.165) is 19.3 Å². The fourth-order valence-corrected chi connectivity index (χ4v) is 1.67. The number of carboxylic acid groups (broad SMARTS) is 1. The largest absolute Gasteiger partial charge is 0.479 e. The molecule has 1 N–H and O–H groups in total. The number of carbonyl (C=O) groups excluding carboxylic acids is 1. The molecule has 2 saturated heterocycles. The minimum Gasteiger partial charge on any atom is -0.479 e. The number of hydrogen-bond donors (Lipinski definition) is 1. The number of rotatable bonds is 2. The lowest BCUT2D eigenvalue weighted by Gasteiger charge is -2.04. The van der Waals surface area contributed by atoms with Crippen molar-refractivity contribution in [1.82, 2.24) is 0 Å². The van der Waals surface area contributed by atoms with Crippen molar-refractivity contribution >= 4 is 11.9 Å². The first kappa shape index (κ1) is 13.9. The van der Waals surface area contributed by atoms with E-state index in [4.69, 9.17) is 14.6 Å². The van der Waals surface area contributed by atoms with Crippen molar-refractivity contribution in [2.24, 2.45) is 0 Å². The van der Waals surface area contributed by atoms with E-state index in [1.54, 1.807) is 0 Å². The fraction of sp³-hybridized carbons (Fsp3) is 0.818. The lowest BCUT2D eigenvalue weighted by molar-refractivity contribution is -0.151. The molecular weight excluding hydrogens is 228 g/mol. The second kappa shape index (κ2) is 7.24. The van der Waals surface area contributed by atoms with Crippen LogP contribution in [0.15, 0.2) is 0 Å². The number of aliphatic carboxylic acids is 1. The maximum Gasteiger partial charge on any atom is 0.334 e. The van der Waals surface area contributed by atoms with E-state index < -0.39 is 12.1 Å². The Morgan fingerprint density at radius 1 is 1.12 bits per heavy atom. The molecule has 6 heteroatoms. The van der Waals surface area contributed by atoms with Crippen LogP contribution in [0.3, 0.4) is 0 Å². The van der Waals surface area contributed by atoms with Gasteiger partial charge in [0.2, 0.25) is 0 Å². The summed E-state index contributed by atoms with van der Waals surface area (Å²) in [5.74, 6) is -1.07. The van der Waals surface area contributed by atoms with Gasteiger partial charge in [-0.15, -0.1) is 0 Å². The molecule has 0 bridgehead atoms. The Hall–Kier alpha value is -1.14. The third kappa shape index (κ3) is 4.70. The summed E-state index contributed by atoms with van der Waals surface area (Å²) >= 11 is 0. The van der Waals surface area contributed by atoms with Gasteiger partial charge < -0.3 is 19.3 Å². The molecule has 0 aliphatic carbocycles. The van der Waals surface area contributed by atoms with Crippen molar-refractivity contribution < 1.29 is 28.9 Å². The Morgan fingerprint density at radius 2 is 1.65 bits per heavy atom. The summed E-state index contributed by atoms with van der Waals surface area (Å²) in [6, 6.07) is 0. The van der Waals surface area contributed by atoms with Gasteiger partial charge in [-0.25, -0.2) is 9.59 Å².